The molecule has 1 aliphatic rings. The molecule has 1 atom stereocenters. The Balaban J connectivity index is 2.17. The van der Waals surface area contributed by atoms with Crippen LogP contribution in [-0.2, 0) is 12.6 Å². The van der Waals surface area contributed by atoms with E-state index in [4.69, 9.17) is 0 Å². The molecule has 0 saturated carbocycles. The van der Waals surface area contributed by atoms with Gasteiger partial charge in [0.2, 0.25) is 0 Å². The molecule has 20 heavy (non-hydrogen) atoms. The van der Waals surface area contributed by atoms with Crippen LogP contribution in [0.1, 0.15) is 36.7 Å². The molecule has 0 fully saturated rings. The van der Waals surface area contributed by atoms with Crippen LogP contribution in [0.2, 0.25) is 0 Å². The number of aromatic nitrogens is 2. The van der Waals surface area contributed by atoms with Gasteiger partial charge in [0.25, 0.3) is 0 Å². The molecule has 0 spiro atoms. The molecule has 2 aromatic rings. The molecule has 1 heterocycles. The summed E-state index contributed by atoms with van der Waals surface area (Å²) in [5.41, 5.74) is 1.11. The zero-order valence-corrected chi connectivity index (χ0v) is 11.3. The average molecular weight is 280 g/mol. The minimum atomic E-state index is -4.38. The second kappa shape index (κ2) is 4.11. The van der Waals surface area contributed by atoms with E-state index in [0.29, 0.717) is 0 Å². The largest absolute Gasteiger partial charge is 0.433 e. The van der Waals surface area contributed by atoms with Crippen LogP contribution >= 0.6 is 0 Å². The van der Waals surface area contributed by atoms with E-state index in [1.165, 1.54) is 10.9 Å². The third-order valence-electron chi connectivity index (χ3n) is 3.97. The molecular weight excluding hydrogens is 265 g/mol. The van der Waals surface area contributed by atoms with Crippen LogP contribution in [0.15, 0.2) is 36.8 Å². The quantitative estimate of drug-likeness (QED) is 0.770. The van der Waals surface area contributed by atoms with Crippen molar-refractivity contribution in [3.05, 3.63) is 53.6 Å². The van der Waals surface area contributed by atoms with Crippen molar-refractivity contribution in [3.8, 4) is 0 Å². The number of rotatable bonds is 1. The van der Waals surface area contributed by atoms with Gasteiger partial charge < -0.3 is 4.57 Å². The Hall–Kier alpha value is -1.78. The number of hydrogen-bond acceptors (Lipinski definition) is 1. The maximum Gasteiger partial charge on any atom is 0.433 e. The van der Waals surface area contributed by atoms with Gasteiger partial charge in [0.05, 0.1) is 18.6 Å². The molecule has 1 aromatic carbocycles. The van der Waals surface area contributed by atoms with Crippen molar-refractivity contribution in [2.75, 3.05) is 0 Å². The topological polar surface area (TPSA) is 17.8 Å². The van der Waals surface area contributed by atoms with Crippen LogP contribution in [0, 0.1) is 5.41 Å². The fourth-order valence-corrected chi connectivity index (χ4v) is 3.23. The summed E-state index contributed by atoms with van der Waals surface area (Å²) in [6.07, 6.45) is -1.43. The van der Waals surface area contributed by atoms with E-state index in [0.717, 1.165) is 23.7 Å². The number of hydrogen-bond donors (Lipinski definition) is 0. The molecule has 1 aliphatic carbocycles. The van der Waals surface area contributed by atoms with E-state index in [9.17, 15) is 13.2 Å². The van der Waals surface area contributed by atoms with E-state index >= 15 is 0 Å². The molecule has 0 amide bonds. The number of halogens is 3. The van der Waals surface area contributed by atoms with Crippen molar-refractivity contribution in [2.45, 2.75) is 32.5 Å². The van der Waals surface area contributed by atoms with Gasteiger partial charge in [-0.05, 0) is 23.0 Å². The summed E-state index contributed by atoms with van der Waals surface area (Å²) in [4.78, 5) is 3.71. The first-order valence-corrected chi connectivity index (χ1v) is 6.47. The van der Waals surface area contributed by atoms with Gasteiger partial charge in [-0.2, -0.15) is 13.2 Å². The lowest BCUT2D eigenvalue weighted by molar-refractivity contribution is -0.144. The highest BCUT2D eigenvalue weighted by Crippen LogP contribution is 2.49. The summed E-state index contributed by atoms with van der Waals surface area (Å²) in [5.74, 6) is 0. The number of imidazole rings is 1. The molecular formula is C15H15F3N2. The molecule has 5 heteroatoms. The molecule has 0 bridgehead atoms. The maximum absolute atomic E-state index is 13.1. The van der Waals surface area contributed by atoms with Gasteiger partial charge >= 0.3 is 6.18 Å². The highest BCUT2D eigenvalue weighted by atomic mass is 19.4. The number of alkyl halides is 3. The van der Waals surface area contributed by atoms with E-state index in [-0.39, 0.29) is 11.5 Å². The van der Waals surface area contributed by atoms with Gasteiger partial charge in [-0.3, -0.25) is 0 Å². The predicted octanol–water partition coefficient (Wildman–Crippen LogP) is 4.07. The molecule has 0 N–H and O–H groups in total. The number of fused-ring (bicyclic) bond motifs is 1. The first kappa shape index (κ1) is 13.2. The molecule has 1 aromatic heterocycles. The molecule has 1 unspecified atom stereocenters. The van der Waals surface area contributed by atoms with Crippen molar-refractivity contribution < 1.29 is 13.2 Å². The van der Waals surface area contributed by atoms with Crippen LogP contribution in [-0.4, -0.2) is 9.55 Å². The Labute approximate surface area is 115 Å². The fourth-order valence-electron chi connectivity index (χ4n) is 3.23. The summed E-state index contributed by atoms with van der Waals surface area (Å²) < 4.78 is 40.6. The molecule has 0 saturated heterocycles. The van der Waals surface area contributed by atoms with Gasteiger partial charge in [0.1, 0.15) is 5.69 Å². The van der Waals surface area contributed by atoms with E-state index in [2.05, 4.69) is 4.98 Å². The highest BCUT2D eigenvalue weighted by molar-refractivity contribution is 5.38. The first-order valence-electron chi connectivity index (χ1n) is 6.47. The SMILES string of the molecule is CC1(C)Cc2ccccc2C1n1cncc1C(F)(F)F. The lowest BCUT2D eigenvalue weighted by Gasteiger charge is -2.30. The minimum absolute atomic E-state index is 0.273. The monoisotopic (exact) mass is 280 g/mol. The zero-order valence-electron chi connectivity index (χ0n) is 11.3. The summed E-state index contributed by atoms with van der Waals surface area (Å²) in [6.45, 7) is 4.00. The van der Waals surface area contributed by atoms with Crippen LogP contribution < -0.4 is 0 Å². The van der Waals surface area contributed by atoms with Gasteiger partial charge in [-0.15, -0.1) is 0 Å². The van der Waals surface area contributed by atoms with Crippen molar-refractivity contribution in [3.63, 3.8) is 0 Å². The third kappa shape index (κ3) is 1.92. The Kier molecular flexibility index (Phi) is 2.71. The fraction of sp³-hybridized carbons (Fsp3) is 0.400. The van der Waals surface area contributed by atoms with Crippen LogP contribution in [0.3, 0.4) is 0 Å². The van der Waals surface area contributed by atoms with E-state index in [1.807, 2.05) is 38.1 Å². The molecule has 0 aliphatic heterocycles. The lowest BCUT2D eigenvalue weighted by Crippen LogP contribution is -2.27. The second-order valence-electron chi connectivity index (χ2n) is 5.95. The van der Waals surface area contributed by atoms with Crippen molar-refractivity contribution in [1.82, 2.24) is 9.55 Å². The van der Waals surface area contributed by atoms with Crippen LogP contribution in [0.25, 0.3) is 0 Å². The summed E-state index contributed by atoms with van der Waals surface area (Å²) in [5, 5.41) is 0. The highest BCUT2D eigenvalue weighted by Gasteiger charge is 2.44. The van der Waals surface area contributed by atoms with Gasteiger partial charge in [0, 0.05) is 0 Å². The summed E-state index contributed by atoms with van der Waals surface area (Å²) >= 11 is 0. The predicted molar refractivity (Wildman–Crippen MR) is 69.3 cm³/mol. The van der Waals surface area contributed by atoms with E-state index in [1.54, 1.807) is 0 Å². The van der Waals surface area contributed by atoms with Gasteiger partial charge in [0.15, 0.2) is 0 Å². The Morgan fingerprint density at radius 2 is 1.95 bits per heavy atom. The van der Waals surface area contributed by atoms with Gasteiger partial charge in [-0.1, -0.05) is 38.1 Å². The van der Waals surface area contributed by atoms with Crippen molar-refractivity contribution in [2.24, 2.45) is 5.41 Å². The lowest BCUT2D eigenvalue weighted by atomic mass is 9.85. The van der Waals surface area contributed by atoms with Crippen molar-refractivity contribution >= 4 is 0 Å². The van der Waals surface area contributed by atoms with Crippen LogP contribution in [0.4, 0.5) is 13.2 Å². The smallest absolute Gasteiger partial charge is 0.319 e. The third-order valence-corrected chi connectivity index (χ3v) is 3.97. The maximum atomic E-state index is 13.1. The van der Waals surface area contributed by atoms with E-state index < -0.39 is 11.9 Å². The molecule has 106 valence electrons. The Morgan fingerprint density at radius 3 is 2.65 bits per heavy atom. The van der Waals surface area contributed by atoms with Crippen molar-refractivity contribution in [1.29, 1.82) is 0 Å². The molecule has 3 rings (SSSR count). The normalized spacial score (nSPS) is 20.9. The first-order chi connectivity index (χ1) is 9.31. The molecule has 2 nitrogen and oxygen atoms in total. The number of nitrogens with zero attached hydrogens (tertiary/aromatic N) is 2. The Morgan fingerprint density at radius 1 is 1.25 bits per heavy atom. The Bertz CT molecular complexity index is 641. The van der Waals surface area contributed by atoms with Crippen LogP contribution in [0.5, 0.6) is 0 Å². The summed E-state index contributed by atoms with van der Waals surface area (Å²) in [6, 6.07) is 7.36. The standard InChI is InChI=1S/C15H15F3N2/c1-14(2)7-10-5-3-4-6-11(10)13(14)20-9-19-8-12(20)15(16,17)18/h3-6,8-9,13H,7H2,1-2H3. The molecule has 0 radical (unpaired) electrons. The summed E-state index contributed by atoms with van der Waals surface area (Å²) in [7, 11) is 0. The minimum Gasteiger partial charge on any atom is -0.319 e. The zero-order chi connectivity index (χ0) is 14.5. The van der Waals surface area contributed by atoms with Gasteiger partial charge in [-0.25, -0.2) is 4.98 Å². The average Bonchev–Trinajstić information content (AvgIpc) is 2.87. The number of benzene rings is 1. The second-order valence-corrected chi connectivity index (χ2v) is 5.95.